The van der Waals surface area contributed by atoms with Crippen LogP contribution in [0.4, 0.5) is 0 Å². The van der Waals surface area contributed by atoms with E-state index in [9.17, 15) is 0 Å². The van der Waals surface area contributed by atoms with Crippen molar-refractivity contribution in [2.24, 2.45) is 16.3 Å². The maximum Gasteiger partial charge on any atom is 0.144 e. The Bertz CT molecular complexity index is 225. The van der Waals surface area contributed by atoms with E-state index in [2.05, 4.69) is 10.5 Å². The highest BCUT2D eigenvalue weighted by atomic mass is 32.2. The minimum atomic E-state index is -0.229. The van der Waals surface area contributed by atoms with Crippen molar-refractivity contribution in [3.63, 3.8) is 0 Å². The summed E-state index contributed by atoms with van der Waals surface area (Å²) >= 11 is 2.00. The minimum absolute atomic E-state index is 0.229. The standard InChI is InChI=1S/C10H21N3OS/c1-10(2,9(11)13-14)4-5-12-8-3-6-15-7-8/h8,12,14H,3-7H2,1-2H3,(H2,11,13). The molecule has 5 heteroatoms. The van der Waals surface area contributed by atoms with Crippen LogP contribution >= 0.6 is 11.8 Å². The average molecular weight is 231 g/mol. The molecule has 0 amide bonds. The highest BCUT2D eigenvalue weighted by Gasteiger charge is 2.24. The number of nitrogens with one attached hydrogen (secondary N) is 1. The van der Waals surface area contributed by atoms with Gasteiger partial charge in [-0.1, -0.05) is 19.0 Å². The van der Waals surface area contributed by atoms with Gasteiger partial charge in [0.05, 0.1) is 0 Å². The highest BCUT2D eigenvalue weighted by Crippen LogP contribution is 2.21. The van der Waals surface area contributed by atoms with E-state index in [0.717, 1.165) is 13.0 Å². The smallest absolute Gasteiger partial charge is 0.144 e. The molecule has 0 radical (unpaired) electrons. The third-order valence-corrected chi connectivity index (χ3v) is 4.08. The molecule has 1 atom stereocenters. The van der Waals surface area contributed by atoms with Crippen molar-refractivity contribution in [2.75, 3.05) is 18.1 Å². The largest absolute Gasteiger partial charge is 0.409 e. The van der Waals surface area contributed by atoms with Crippen LogP contribution in [-0.2, 0) is 0 Å². The molecule has 4 nitrogen and oxygen atoms in total. The molecule has 1 unspecified atom stereocenters. The number of rotatable bonds is 5. The van der Waals surface area contributed by atoms with Crippen molar-refractivity contribution in [2.45, 2.75) is 32.7 Å². The monoisotopic (exact) mass is 231 g/mol. The molecule has 4 N–H and O–H groups in total. The van der Waals surface area contributed by atoms with Crippen LogP contribution < -0.4 is 11.1 Å². The van der Waals surface area contributed by atoms with Gasteiger partial charge in [0, 0.05) is 17.2 Å². The van der Waals surface area contributed by atoms with Gasteiger partial charge in [0.15, 0.2) is 0 Å². The summed E-state index contributed by atoms with van der Waals surface area (Å²) < 4.78 is 0. The van der Waals surface area contributed by atoms with Crippen LogP contribution in [-0.4, -0.2) is 35.1 Å². The van der Waals surface area contributed by atoms with Crippen LogP contribution in [0.1, 0.15) is 26.7 Å². The Morgan fingerprint density at radius 1 is 1.67 bits per heavy atom. The Kier molecular flexibility index (Phi) is 4.73. The van der Waals surface area contributed by atoms with Crippen molar-refractivity contribution < 1.29 is 5.21 Å². The Balaban J connectivity index is 2.23. The quantitative estimate of drug-likeness (QED) is 0.288. The molecule has 1 rings (SSSR count). The second-order valence-electron chi connectivity index (χ2n) is 4.63. The zero-order valence-electron chi connectivity index (χ0n) is 9.49. The summed E-state index contributed by atoms with van der Waals surface area (Å²) in [7, 11) is 0. The predicted octanol–water partition coefficient (Wildman–Crippen LogP) is 1.24. The topological polar surface area (TPSA) is 70.6 Å². The molecule has 0 aromatic carbocycles. The third kappa shape index (κ3) is 3.91. The van der Waals surface area contributed by atoms with Crippen molar-refractivity contribution >= 4 is 17.6 Å². The molecule has 1 saturated heterocycles. The lowest BCUT2D eigenvalue weighted by Gasteiger charge is -2.23. The Hall–Kier alpha value is -0.420. The normalized spacial score (nSPS) is 23.3. The zero-order chi connectivity index (χ0) is 11.3. The van der Waals surface area contributed by atoms with Gasteiger partial charge in [0.2, 0.25) is 0 Å². The van der Waals surface area contributed by atoms with E-state index < -0.39 is 0 Å². The molecule has 88 valence electrons. The first-order valence-corrected chi connectivity index (χ1v) is 6.51. The Labute approximate surface area is 95.7 Å². The maximum atomic E-state index is 8.62. The van der Waals surface area contributed by atoms with Gasteiger partial charge in [0.25, 0.3) is 0 Å². The Morgan fingerprint density at radius 3 is 2.93 bits per heavy atom. The number of amidine groups is 1. The number of hydrogen-bond acceptors (Lipinski definition) is 4. The van der Waals surface area contributed by atoms with Crippen molar-refractivity contribution in [3.8, 4) is 0 Å². The van der Waals surface area contributed by atoms with Gasteiger partial charge in [-0.3, -0.25) is 0 Å². The van der Waals surface area contributed by atoms with Gasteiger partial charge in [-0.25, -0.2) is 0 Å². The fourth-order valence-electron chi connectivity index (χ4n) is 1.55. The van der Waals surface area contributed by atoms with Gasteiger partial charge in [-0.15, -0.1) is 0 Å². The van der Waals surface area contributed by atoms with E-state index >= 15 is 0 Å². The number of oxime groups is 1. The summed E-state index contributed by atoms with van der Waals surface area (Å²) in [5.41, 5.74) is 5.38. The van der Waals surface area contributed by atoms with E-state index in [1.54, 1.807) is 0 Å². The fourth-order valence-corrected chi connectivity index (χ4v) is 2.73. The first-order valence-electron chi connectivity index (χ1n) is 5.35. The van der Waals surface area contributed by atoms with E-state index in [4.69, 9.17) is 10.9 Å². The highest BCUT2D eigenvalue weighted by molar-refractivity contribution is 7.99. The Morgan fingerprint density at radius 2 is 2.40 bits per heavy atom. The molecule has 0 aromatic rings. The van der Waals surface area contributed by atoms with Crippen molar-refractivity contribution in [1.82, 2.24) is 5.32 Å². The lowest BCUT2D eigenvalue weighted by Crippen LogP contribution is -2.37. The maximum absolute atomic E-state index is 8.62. The number of nitrogens with two attached hydrogens (primary N) is 1. The summed E-state index contributed by atoms with van der Waals surface area (Å²) in [6, 6.07) is 0.651. The summed E-state index contributed by atoms with van der Waals surface area (Å²) in [5, 5.41) is 15.2. The first-order chi connectivity index (χ1) is 7.06. The van der Waals surface area contributed by atoms with Gasteiger partial charge in [-0.05, 0) is 25.1 Å². The molecule has 0 saturated carbocycles. The number of hydrogen-bond donors (Lipinski definition) is 3. The zero-order valence-corrected chi connectivity index (χ0v) is 10.3. The molecule has 1 aliphatic rings. The summed E-state index contributed by atoms with van der Waals surface area (Å²) in [5.74, 6) is 2.79. The molecule has 0 aliphatic carbocycles. The molecule has 0 bridgehead atoms. The van der Waals surface area contributed by atoms with Gasteiger partial charge in [-0.2, -0.15) is 11.8 Å². The lowest BCUT2D eigenvalue weighted by atomic mass is 9.88. The SMILES string of the molecule is CC(C)(CCNC1CCSC1)C(N)=NO. The van der Waals surface area contributed by atoms with E-state index in [0.29, 0.717) is 11.9 Å². The van der Waals surface area contributed by atoms with Crippen LogP contribution in [0.25, 0.3) is 0 Å². The molecule has 1 fully saturated rings. The van der Waals surface area contributed by atoms with Crippen LogP contribution in [0.5, 0.6) is 0 Å². The van der Waals surface area contributed by atoms with Gasteiger partial charge < -0.3 is 16.3 Å². The van der Waals surface area contributed by atoms with Crippen LogP contribution in [0.2, 0.25) is 0 Å². The average Bonchev–Trinajstić information content (AvgIpc) is 2.69. The molecule has 1 heterocycles. The fraction of sp³-hybridized carbons (Fsp3) is 0.900. The summed E-state index contributed by atoms with van der Waals surface area (Å²) in [6.45, 7) is 4.91. The van der Waals surface area contributed by atoms with Crippen LogP contribution in [0.3, 0.4) is 0 Å². The second kappa shape index (κ2) is 5.61. The summed E-state index contributed by atoms with van der Waals surface area (Å²) in [6.07, 6.45) is 2.15. The lowest BCUT2D eigenvalue weighted by molar-refractivity contribution is 0.304. The number of thioether (sulfide) groups is 1. The molecular formula is C10H21N3OS. The van der Waals surface area contributed by atoms with E-state index in [1.807, 2.05) is 25.6 Å². The van der Waals surface area contributed by atoms with E-state index in [1.165, 1.54) is 17.9 Å². The van der Waals surface area contributed by atoms with Gasteiger partial charge >= 0.3 is 0 Å². The van der Waals surface area contributed by atoms with Crippen LogP contribution in [0.15, 0.2) is 5.16 Å². The third-order valence-electron chi connectivity index (χ3n) is 2.91. The first kappa shape index (κ1) is 12.6. The van der Waals surface area contributed by atoms with Crippen molar-refractivity contribution in [3.05, 3.63) is 0 Å². The van der Waals surface area contributed by atoms with Crippen LogP contribution in [0, 0.1) is 5.41 Å². The molecular weight excluding hydrogens is 210 g/mol. The second-order valence-corrected chi connectivity index (χ2v) is 5.78. The predicted molar refractivity (Wildman–Crippen MR) is 65.5 cm³/mol. The summed E-state index contributed by atoms with van der Waals surface area (Å²) in [4.78, 5) is 0. The molecule has 15 heavy (non-hydrogen) atoms. The van der Waals surface area contributed by atoms with Gasteiger partial charge in [0.1, 0.15) is 5.84 Å². The van der Waals surface area contributed by atoms with E-state index in [-0.39, 0.29) is 5.41 Å². The minimum Gasteiger partial charge on any atom is -0.409 e. The van der Waals surface area contributed by atoms with Crippen molar-refractivity contribution in [1.29, 1.82) is 0 Å². The molecule has 0 spiro atoms. The molecule has 1 aliphatic heterocycles. The number of nitrogens with zero attached hydrogens (tertiary/aromatic N) is 1. The molecule has 0 aromatic heterocycles.